The minimum atomic E-state index is 0.282. The van der Waals surface area contributed by atoms with Gasteiger partial charge in [0.15, 0.2) is 0 Å². The van der Waals surface area contributed by atoms with Crippen molar-refractivity contribution in [2.24, 2.45) is 0 Å². The van der Waals surface area contributed by atoms with E-state index in [0.29, 0.717) is 0 Å². The van der Waals surface area contributed by atoms with Gasteiger partial charge in [0.25, 0.3) is 0 Å². The molecule has 106 valence electrons. The van der Waals surface area contributed by atoms with Gasteiger partial charge in [0.05, 0.1) is 12.8 Å². The molecule has 0 aliphatic carbocycles. The predicted octanol–water partition coefficient (Wildman–Crippen LogP) is 3.05. The van der Waals surface area contributed by atoms with Crippen LogP contribution in [0.25, 0.3) is 0 Å². The molecule has 3 nitrogen and oxygen atoms in total. The zero-order valence-corrected chi connectivity index (χ0v) is 12.4. The first-order valence-electron chi connectivity index (χ1n) is 7.30. The van der Waals surface area contributed by atoms with E-state index in [1.54, 1.807) is 7.11 Å². The van der Waals surface area contributed by atoms with Crippen molar-refractivity contribution < 1.29 is 4.74 Å². The first-order chi connectivity index (χ1) is 9.21. The monoisotopic (exact) mass is 262 g/mol. The van der Waals surface area contributed by atoms with Gasteiger partial charge in [0.2, 0.25) is 0 Å². The largest absolute Gasteiger partial charge is 0.495 e. The third-order valence-electron chi connectivity index (χ3n) is 4.10. The van der Waals surface area contributed by atoms with E-state index in [2.05, 4.69) is 36.3 Å². The third kappa shape index (κ3) is 3.21. The molecule has 1 aliphatic heterocycles. The molecule has 0 aromatic heterocycles. The summed E-state index contributed by atoms with van der Waals surface area (Å²) in [6, 6.07) is 8.25. The maximum Gasteiger partial charge on any atom is 0.142 e. The molecule has 0 saturated carbocycles. The molecule has 0 amide bonds. The summed E-state index contributed by atoms with van der Waals surface area (Å²) in [7, 11) is 3.90. The van der Waals surface area contributed by atoms with Crippen LogP contribution in [0.5, 0.6) is 5.75 Å². The molecule has 0 bridgehead atoms. The van der Waals surface area contributed by atoms with Crippen molar-refractivity contribution >= 4 is 5.69 Å². The van der Waals surface area contributed by atoms with Gasteiger partial charge in [0, 0.05) is 19.1 Å². The summed E-state index contributed by atoms with van der Waals surface area (Å²) in [4.78, 5) is 2.33. The Morgan fingerprint density at radius 3 is 2.79 bits per heavy atom. The highest BCUT2D eigenvalue weighted by atomic mass is 16.5. The predicted molar refractivity (Wildman–Crippen MR) is 81.1 cm³/mol. The standard InChI is InChI=1S/C16H26N2O/c1-4-10-16(11-7-12-17-16)13-18(2)14-8-5-6-9-15(14)19-3/h5-6,8-9,17H,4,7,10-13H2,1-3H3. The lowest BCUT2D eigenvalue weighted by atomic mass is 9.91. The van der Waals surface area contributed by atoms with Crippen molar-refractivity contribution in [1.82, 2.24) is 5.32 Å². The van der Waals surface area contributed by atoms with Crippen LogP contribution in [0.4, 0.5) is 5.69 Å². The van der Waals surface area contributed by atoms with Crippen LogP contribution >= 0.6 is 0 Å². The average molecular weight is 262 g/mol. The van der Waals surface area contributed by atoms with Crippen molar-refractivity contribution in [3.8, 4) is 5.75 Å². The normalized spacial score (nSPS) is 22.5. The van der Waals surface area contributed by atoms with Crippen LogP contribution in [0, 0.1) is 0 Å². The van der Waals surface area contributed by atoms with Crippen LogP contribution in [-0.4, -0.2) is 32.8 Å². The van der Waals surface area contributed by atoms with E-state index < -0.39 is 0 Å². The van der Waals surface area contributed by atoms with Crippen LogP contribution in [0.3, 0.4) is 0 Å². The van der Waals surface area contributed by atoms with Crippen molar-refractivity contribution in [2.75, 3.05) is 32.1 Å². The number of likely N-dealkylation sites (N-methyl/N-ethyl adjacent to an activating group) is 1. The molecular formula is C16H26N2O. The van der Waals surface area contributed by atoms with Gasteiger partial charge in [-0.05, 0) is 37.9 Å². The second kappa shape index (κ2) is 6.29. The Labute approximate surface area is 116 Å². The van der Waals surface area contributed by atoms with Crippen molar-refractivity contribution in [2.45, 2.75) is 38.1 Å². The van der Waals surface area contributed by atoms with E-state index in [1.807, 2.05) is 12.1 Å². The summed E-state index contributed by atoms with van der Waals surface area (Å²) in [6.07, 6.45) is 5.04. The zero-order valence-electron chi connectivity index (χ0n) is 12.4. The lowest BCUT2D eigenvalue weighted by Crippen LogP contribution is -2.49. The lowest BCUT2D eigenvalue weighted by Gasteiger charge is -2.35. The Morgan fingerprint density at radius 1 is 1.37 bits per heavy atom. The van der Waals surface area contributed by atoms with Crippen LogP contribution in [0.2, 0.25) is 0 Å². The van der Waals surface area contributed by atoms with Crippen LogP contribution < -0.4 is 15.0 Å². The fourth-order valence-electron chi connectivity index (χ4n) is 3.26. The van der Waals surface area contributed by atoms with E-state index >= 15 is 0 Å². The molecule has 1 aliphatic rings. The highest BCUT2D eigenvalue weighted by Crippen LogP contribution is 2.31. The molecule has 1 N–H and O–H groups in total. The van der Waals surface area contributed by atoms with Gasteiger partial charge in [-0.25, -0.2) is 0 Å². The number of methoxy groups -OCH3 is 1. The van der Waals surface area contributed by atoms with Gasteiger partial charge in [-0.2, -0.15) is 0 Å². The molecular weight excluding hydrogens is 236 g/mol. The number of nitrogens with one attached hydrogen (secondary N) is 1. The van der Waals surface area contributed by atoms with Gasteiger partial charge in [-0.3, -0.25) is 0 Å². The lowest BCUT2D eigenvalue weighted by molar-refractivity contribution is 0.347. The maximum absolute atomic E-state index is 5.46. The Hall–Kier alpha value is -1.22. The molecule has 1 fully saturated rings. The van der Waals surface area contributed by atoms with Crippen molar-refractivity contribution in [3.63, 3.8) is 0 Å². The molecule has 19 heavy (non-hydrogen) atoms. The second-order valence-electron chi connectivity index (χ2n) is 5.59. The number of hydrogen-bond donors (Lipinski definition) is 1. The summed E-state index contributed by atoms with van der Waals surface area (Å²) in [5.74, 6) is 0.953. The third-order valence-corrected chi connectivity index (χ3v) is 4.10. The summed E-state index contributed by atoms with van der Waals surface area (Å²) in [6.45, 7) is 4.46. The van der Waals surface area contributed by atoms with E-state index in [4.69, 9.17) is 4.74 Å². The molecule has 0 spiro atoms. The molecule has 1 unspecified atom stereocenters. The number of anilines is 1. The van der Waals surface area contributed by atoms with E-state index in [9.17, 15) is 0 Å². The van der Waals surface area contributed by atoms with E-state index in [-0.39, 0.29) is 5.54 Å². The Bertz CT molecular complexity index is 399. The minimum Gasteiger partial charge on any atom is -0.495 e. The van der Waals surface area contributed by atoms with Gasteiger partial charge < -0.3 is 15.0 Å². The smallest absolute Gasteiger partial charge is 0.142 e. The summed E-state index contributed by atoms with van der Waals surface area (Å²) in [5.41, 5.74) is 1.46. The zero-order chi connectivity index (χ0) is 13.7. The highest BCUT2D eigenvalue weighted by molar-refractivity contribution is 5.58. The Morgan fingerprint density at radius 2 is 2.16 bits per heavy atom. The number of hydrogen-bond acceptors (Lipinski definition) is 3. The SMILES string of the molecule is CCCC1(CN(C)c2ccccc2OC)CCCN1. The van der Waals surface area contributed by atoms with Crippen molar-refractivity contribution in [3.05, 3.63) is 24.3 Å². The van der Waals surface area contributed by atoms with Crippen molar-refractivity contribution in [1.29, 1.82) is 0 Å². The molecule has 3 heteroatoms. The van der Waals surface area contributed by atoms with Gasteiger partial charge in [-0.1, -0.05) is 25.5 Å². The average Bonchev–Trinajstić information content (AvgIpc) is 2.87. The summed E-state index contributed by atoms with van der Waals surface area (Å²) in [5, 5.41) is 3.73. The first kappa shape index (κ1) is 14.2. The minimum absolute atomic E-state index is 0.282. The molecule has 1 atom stereocenters. The molecule has 1 saturated heterocycles. The second-order valence-corrected chi connectivity index (χ2v) is 5.59. The fourth-order valence-corrected chi connectivity index (χ4v) is 3.26. The number of benzene rings is 1. The van der Waals surface area contributed by atoms with Gasteiger partial charge in [0.1, 0.15) is 5.75 Å². The number of rotatable bonds is 6. The first-order valence-corrected chi connectivity index (χ1v) is 7.30. The molecule has 2 rings (SSSR count). The number of para-hydroxylation sites is 2. The fraction of sp³-hybridized carbons (Fsp3) is 0.625. The molecule has 0 radical (unpaired) electrons. The summed E-state index contributed by atoms with van der Waals surface area (Å²) >= 11 is 0. The topological polar surface area (TPSA) is 24.5 Å². The molecule has 1 heterocycles. The van der Waals surface area contributed by atoms with Crippen LogP contribution in [-0.2, 0) is 0 Å². The maximum atomic E-state index is 5.46. The summed E-state index contributed by atoms with van der Waals surface area (Å²) < 4.78 is 5.46. The number of ether oxygens (including phenoxy) is 1. The molecule has 1 aromatic rings. The highest BCUT2D eigenvalue weighted by Gasteiger charge is 2.33. The van der Waals surface area contributed by atoms with Gasteiger partial charge >= 0.3 is 0 Å². The Balaban J connectivity index is 2.12. The van der Waals surface area contributed by atoms with Gasteiger partial charge in [-0.15, -0.1) is 0 Å². The van der Waals surface area contributed by atoms with Crippen LogP contribution in [0.1, 0.15) is 32.6 Å². The Kier molecular flexibility index (Phi) is 4.70. The van der Waals surface area contributed by atoms with E-state index in [1.165, 1.54) is 31.4 Å². The number of nitrogens with zero attached hydrogens (tertiary/aromatic N) is 1. The van der Waals surface area contributed by atoms with E-state index in [0.717, 1.165) is 18.8 Å². The molecule has 1 aromatic carbocycles. The van der Waals surface area contributed by atoms with Crippen LogP contribution in [0.15, 0.2) is 24.3 Å². The quantitative estimate of drug-likeness (QED) is 0.853.